The molecule has 2 aromatic carbocycles. The summed E-state index contributed by atoms with van der Waals surface area (Å²) in [5.41, 5.74) is 3.28. The normalized spacial score (nSPS) is 16.0. The van der Waals surface area contributed by atoms with Gasteiger partial charge in [-0.1, -0.05) is 46.7 Å². The van der Waals surface area contributed by atoms with E-state index in [-0.39, 0.29) is 0 Å². The van der Waals surface area contributed by atoms with E-state index < -0.39 is 0 Å². The minimum Gasteiger partial charge on any atom is -0.347 e. The second-order valence-corrected chi connectivity index (χ2v) is 8.90. The predicted octanol–water partition coefficient (Wildman–Crippen LogP) is 6.05. The molecule has 0 unspecified atom stereocenters. The Kier molecular flexibility index (Phi) is 6.10. The van der Waals surface area contributed by atoms with Crippen LogP contribution in [-0.2, 0) is 12.4 Å². The summed E-state index contributed by atoms with van der Waals surface area (Å²) in [7, 11) is 0. The van der Waals surface area contributed by atoms with Crippen molar-refractivity contribution in [2.24, 2.45) is 0 Å². The third-order valence-electron chi connectivity index (χ3n) is 4.86. The molecule has 0 spiro atoms. The molecule has 1 fully saturated rings. The number of hydrogen-bond donors (Lipinski definition) is 0. The van der Waals surface area contributed by atoms with Gasteiger partial charge in [0.1, 0.15) is 0 Å². The van der Waals surface area contributed by atoms with Crippen LogP contribution in [0.5, 0.6) is 0 Å². The lowest BCUT2D eigenvalue weighted by molar-refractivity contribution is 0.285. The number of hydrogen-bond acceptors (Lipinski definition) is 4. The molecule has 4 rings (SSSR count). The number of anilines is 1. The minimum absolute atomic E-state index is 0.513. The first-order valence-electron chi connectivity index (χ1n) is 8.99. The molecule has 0 amide bonds. The first kappa shape index (κ1) is 19.3. The van der Waals surface area contributed by atoms with Crippen molar-refractivity contribution in [3.05, 3.63) is 57.6 Å². The summed E-state index contributed by atoms with van der Waals surface area (Å²) in [6.07, 6.45) is 1.10. The summed E-state index contributed by atoms with van der Waals surface area (Å²) in [5.74, 6) is 0.513. The summed E-state index contributed by atoms with van der Waals surface area (Å²) < 4.78 is 1.14. The Hall–Kier alpha value is -1.04. The van der Waals surface area contributed by atoms with Gasteiger partial charge in [0.05, 0.1) is 10.2 Å². The summed E-state index contributed by atoms with van der Waals surface area (Å²) in [6, 6.07) is 11.9. The topological polar surface area (TPSA) is 19.4 Å². The molecule has 1 aliphatic rings. The van der Waals surface area contributed by atoms with Crippen LogP contribution in [0.1, 0.15) is 17.5 Å². The van der Waals surface area contributed by atoms with Gasteiger partial charge in [-0.15, -0.1) is 11.6 Å². The van der Waals surface area contributed by atoms with Crippen LogP contribution in [0.4, 0.5) is 5.13 Å². The summed E-state index contributed by atoms with van der Waals surface area (Å²) >= 11 is 20.2. The molecule has 1 aliphatic heterocycles. The molecule has 3 aromatic rings. The van der Waals surface area contributed by atoms with E-state index in [2.05, 4.69) is 15.9 Å². The standard InChI is InChI=1S/C20H20Cl3N3S/c21-12-14-2-4-17(23)15(10-14)13-25-6-1-7-26(9-8-25)20-24-18-5-3-16(22)11-19(18)27-20/h2-5,10-11H,1,6-9,12-13H2. The molecule has 0 radical (unpaired) electrons. The van der Waals surface area contributed by atoms with Crippen LogP contribution in [0.25, 0.3) is 10.2 Å². The molecule has 3 nitrogen and oxygen atoms in total. The van der Waals surface area contributed by atoms with Crippen molar-refractivity contribution in [1.82, 2.24) is 9.88 Å². The zero-order valence-electron chi connectivity index (χ0n) is 14.8. The van der Waals surface area contributed by atoms with Crippen LogP contribution in [0.3, 0.4) is 0 Å². The highest BCUT2D eigenvalue weighted by Gasteiger charge is 2.19. The number of halogens is 3. The van der Waals surface area contributed by atoms with Crippen molar-refractivity contribution in [2.45, 2.75) is 18.8 Å². The van der Waals surface area contributed by atoms with Crippen LogP contribution in [0.15, 0.2) is 36.4 Å². The van der Waals surface area contributed by atoms with Crippen LogP contribution < -0.4 is 4.90 Å². The van der Waals surface area contributed by atoms with Gasteiger partial charge in [0.25, 0.3) is 0 Å². The lowest BCUT2D eigenvalue weighted by atomic mass is 10.1. The van der Waals surface area contributed by atoms with E-state index >= 15 is 0 Å². The van der Waals surface area contributed by atoms with Gasteiger partial charge in [0.2, 0.25) is 0 Å². The molecule has 0 saturated carbocycles. The van der Waals surface area contributed by atoms with Crippen LogP contribution in [-0.4, -0.2) is 36.1 Å². The van der Waals surface area contributed by atoms with Crippen LogP contribution >= 0.6 is 46.1 Å². The lowest BCUT2D eigenvalue weighted by Crippen LogP contribution is -2.30. The van der Waals surface area contributed by atoms with Crippen LogP contribution in [0.2, 0.25) is 10.0 Å². The van der Waals surface area contributed by atoms with E-state index in [0.717, 1.165) is 75.7 Å². The summed E-state index contributed by atoms with van der Waals surface area (Å²) in [6.45, 7) is 4.86. The third kappa shape index (κ3) is 4.52. The highest BCUT2D eigenvalue weighted by molar-refractivity contribution is 7.22. The Morgan fingerprint density at radius 2 is 1.89 bits per heavy atom. The minimum atomic E-state index is 0.513. The van der Waals surface area contributed by atoms with E-state index in [4.69, 9.17) is 39.8 Å². The molecule has 0 atom stereocenters. The quantitative estimate of drug-likeness (QED) is 0.460. The maximum atomic E-state index is 6.40. The van der Waals surface area contributed by atoms with E-state index in [1.807, 2.05) is 30.3 Å². The zero-order valence-corrected chi connectivity index (χ0v) is 17.9. The van der Waals surface area contributed by atoms with Crippen molar-refractivity contribution >= 4 is 61.5 Å². The fraction of sp³-hybridized carbons (Fsp3) is 0.350. The van der Waals surface area contributed by atoms with E-state index in [1.54, 1.807) is 11.3 Å². The number of thiazole rings is 1. The monoisotopic (exact) mass is 439 g/mol. The molecule has 0 bridgehead atoms. The van der Waals surface area contributed by atoms with E-state index in [1.165, 1.54) is 0 Å². The molecular weight excluding hydrogens is 421 g/mol. The van der Waals surface area contributed by atoms with Crippen LogP contribution in [0, 0.1) is 0 Å². The molecule has 0 N–H and O–H groups in total. The van der Waals surface area contributed by atoms with Crippen molar-refractivity contribution < 1.29 is 0 Å². The Morgan fingerprint density at radius 3 is 2.74 bits per heavy atom. The molecule has 2 heterocycles. The van der Waals surface area contributed by atoms with E-state index in [0.29, 0.717) is 5.88 Å². The van der Waals surface area contributed by atoms with Gasteiger partial charge in [0.15, 0.2) is 5.13 Å². The molecule has 27 heavy (non-hydrogen) atoms. The Labute approximate surface area is 178 Å². The fourth-order valence-corrected chi connectivity index (χ4v) is 5.05. The number of aromatic nitrogens is 1. The number of benzene rings is 2. The highest BCUT2D eigenvalue weighted by Crippen LogP contribution is 2.31. The van der Waals surface area contributed by atoms with Gasteiger partial charge in [-0.3, -0.25) is 4.90 Å². The van der Waals surface area contributed by atoms with E-state index in [9.17, 15) is 0 Å². The largest absolute Gasteiger partial charge is 0.347 e. The summed E-state index contributed by atoms with van der Waals surface area (Å²) in [5, 5.41) is 2.65. The van der Waals surface area contributed by atoms with Crippen molar-refractivity contribution in [3.63, 3.8) is 0 Å². The fourth-order valence-electron chi connectivity index (χ4n) is 3.42. The smallest absolute Gasteiger partial charge is 0.186 e. The van der Waals surface area contributed by atoms with Crippen molar-refractivity contribution in [2.75, 3.05) is 31.1 Å². The molecule has 7 heteroatoms. The third-order valence-corrected chi connectivity index (χ3v) is 6.85. The lowest BCUT2D eigenvalue weighted by Gasteiger charge is -2.22. The zero-order chi connectivity index (χ0) is 18.8. The second kappa shape index (κ2) is 8.54. The number of rotatable bonds is 4. The molecule has 1 aromatic heterocycles. The van der Waals surface area contributed by atoms with Gasteiger partial charge in [-0.05, 0) is 41.8 Å². The molecule has 142 valence electrons. The first-order valence-corrected chi connectivity index (χ1v) is 11.1. The number of nitrogens with zero attached hydrogens (tertiary/aromatic N) is 3. The Morgan fingerprint density at radius 1 is 1.00 bits per heavy atom. The molecule has 1 saturated heterocycles. The maximum Gasteiger partial charge on any atom is 0.186 e. The molecular formula is C20H20Cl3N3S. The van der Waals surface area contributed by atoms with Gasteiger partial charge in [-0.25, -0.2) is 4.98 Å². The SMILES string of the molecule is ClCc1ccc(Cl)c(CN2CCCN(c3nc4ccc(Cl)cc4s3)CC2)c1. The average Bonchev–Trinajstić information content (AvgIpc) is 2.94. The van der Waals surface area contributed by atoms with Gasteiger partial charge in [0, 0.05) is 48.6 Å². The number of alkyl halides is 1. The van der Waals surface area contributed by atoms with Crippen molar-refractivity contribution in [1.29, 1.82) is 0 Å². The first-order chi connectivity index (χ1) is 13.1. The maximum absolute atomic E-state index is 6.40. The predicted molar refractivity (Wildman–Crippen MR) is 118 cm³/mol. The van der Waals surface area contributed by atoms with Gasteiger partial charge in [-0.2, -0.15) is 0 Å². The average molecular weight is 441 g/mol. The molecule has 0 aliphatic carbocycles. The number of fused-ring (bicyclic) bond motifs is 1. The Balaban J connectivity index is 1.45. The Bertz CT molecular complexity index is 943. The van der Waals surface area contributed by atoms with Gasteiger partial charge >= 0.3 is 0 Å². The van der Waals surface area contributed by atoms with Crippen molar-refractivity contribution in [3.8, 4) is 0 Å². The van der Waals surface area contributed by atoms with Gasteiger partial charge < -0.3 is 4.90 Å². The summed E-state index contributed by atoms with van der Waals surface area (Å²) in [4.78, 5) is 9.64. The highest BCUT2D eigenvalue weighted by atomic mass is 35.5. The second-order valence-electron chi connectivity index (χ2n) is 6.78.